The van der Waals surface area contributed by atoms with Crippen LogP contribution in [0, 0.1) is 0 Å². The van der Waals surface area contributed by atoms with E-state index in [-0.39, 0.29) is 23.3 Å². The van der Waals surface area contributed by atoms with Crippen molar-refractivity contribution in [1.29, 1.82) is 0 Å². The smallest absolute Gasteiger partial charge is 0.416 e. The maximum absolute atomic E-state index is 13.0. The van der Waals surface area contributed by atoms with E-state index in [0.717, 1.165) is 18.0 Å². The lowest BCUT2D eigenvalue weighted by Gasteiger charge is -2.35. The number of hydrogen-bond donors (Lipinski definition) is 2. The van der Waals surface area contributed by atoms with Crippen LogP contribution in [-0.2, 0) is 21.8 Å². The zero-order valence-electron chi connectivity index (χ0n) is 19.9. The quantitative estimate of drug-likeness (QED) is 0.467. The van der Waals surface area contributed by atoms with Gasteiger partial charge in [0.25, 0.3) is 0 Å². The Labute approximate surface area is 213 Å². The van der Waals surface area contributed by atoms with E-state index in [0.29, 0.717) is 26.2 Å². The molecule has 0 radical (unpaired) electrons. The summed E-state index contributed by atoms with van der Waals surface area (Å²) in [5, 5.41) is 12.3. The molecule has 10 nitrogen and oxygen atoms in total. The summed E-state index contributed by atoms with van der Waals surface area (Å²) >= 11 is 0. The maximum Gasteiger partial charge on any atom is 0.416 e. The SMILES string of the molecule is CS(=O)C(C)(Nc1nc(-c2ccc(C(F)(F)F)cc2)nc(N2CCN(c3ccccn3)CC2)n1)C(=O)O. The molecule has 0 aliphatic carbocycles. The van der Waals surface area contributed by atoms with Gasteiger partial charge in [-0.25, -0.2) is 9.78 Å². The van der Waals surface area contributed by atoms with Crippen molar-refractivity contribution in [2.75, 3.05) is 47.6 Å². The average molecular weight is 536 g/mol. The van der Waals surface area contributed by atoms with Gasteiger partial charge < -0.3 is 20.2 Å². The number of aromatic nitrogens is 4. The first kappa shape index (κ1) is 26.3. The minimum atomic E-state index is -4.50. The van der Waals surface area contributed by atoms with Crippen molar-refractivity contribution in [2.45, 2.75) is 18.0 Å². The second-order valence-electron chi connectivity index (χ2n) is 8.44. The van der Waals surface area contributed by atoms with E-state index in [9.17, 15) is 27.3 Å². The molecule has 1 saturated heterocycles. The van der Waals surface area contributed by atoms with Crippen LogP contribution >= 0.6 is 0 Å². The number of halogens is 3. The van der Waals surface area contributed by atoms with Crippen LogP contribution in [0.4, 0.5) is 30.9 Å². The summed E-state index contributed by atoms with van der Waals surface area (Å²) in [5.74, 6) is -0.457. The van der Waals surface area contributed by atoms with Crippen molar-refractivity contribution in [3.63, 3.8) is 0 Å². The number of anilines is 3. The van der Waals surface area contributed by atoms with Crippen LogP contribution in [0.25, 0.3) is 11.4 Å². The number of nitrogens with zero attached hydrogens (tertiary/aromatic N) is 6. The number of rotatable bonds is 7. The van der Waals surface area contributed by atoms with Crippen molar-refractivity contribution < 1.29 is 27.3 Å². The van der Waals surface area contributed by atoms with Gasteiger partial charge in [-0.2, -0.15) is 28.1 Å². The van der Waals surface area contributed by atoms with Gasteiger partial charge in [0.1, 0.15) is 5.82 Å². The second kappa shape index (κ2) is 10.3. The van der Waals surface area contributed by atoms with Crippen molar-refractivity contribution >= 4 is 34.5 Å². The van der Waals surface area contributed by atoms with E-state index < -0.39 is 33.4 Å². The van der Waals surface area contributed by atoms with Gasteiger partial charge >= 0.3 is 12.1 Å². The van der Waals surface area contributed by atoms with E-state index in [4.69, 9.17) is 0 Å². The molecule has 0 spiro atoms. The average Bonchev–Trinajstić information content (AvgIpc) is 2.88. The Morgan fingerprint density at radius 2 is 1.65 bits per heavy atom. The molecule has 196 valence electrons. The molecule has 14 heteroatoms. The Bertz CT molecular complexity index is 1270. The van der Waals surface area contributed by atoms with E-state index in [1.165, 1.54) is 25.3 Å². The van der Waals surface area contributed by atoms with Crippen molar-refractivity contribution in [2.24, 2.45) is 0 Å². The molecule has 3 heterocycles. The third-order valence-electron chi connectivity index (χ3n) is 5.96. The first-order valence-electron chi connectivity index (χ1n) is 11.2. The van der Waals surface area contributed by atoms with Gasteiger partial charge in [-0.1, -0.05) is 18.2 Å². The fourth-order valence-corrected chi connectivity index (χ4v) is 4.12. The zero-order chi connectivity index (χ0) is 26.8. The Morgan fingerprint density at radius 1 is 1.00 bits per heavy atom. The number of pyridine rings is 1. The van der Waals surface area contributed by atoms with Crippen LogP contribution < -0.4 is 15.1 Å². The third-order valence-corrected chi connectivity index (χ3v) is 7.39. The molecule has 2 N–H and O–H groups in total. The summed E-state index contributed by atoms with van der Waals surface area (Å²) in [6.45, 7) is 3.45. The highest BCUT2D eigenvalue weighted by Gasteiger charge is 2.39. The standard InChI is InChI=1S/C23H24F3N7O3S/c1-22(19(34)35,37(2)36)31-20-28-18(15-6-8-16(9-7-15)23(24,25)26)29-21(30-20)33-13-11-32(12-14-33)17-5-3-4-10-27-17/h3-10H,11-14H2,1-2H3,(H,34,35)(H,28,29,30,31). The number of piperazine rings is 1. The highest BCUT2D eigenvalue weighted by Crippen LogP contribution is 2.31. The van der Waals surface area contributed by atoms with Gasteiger partial charge in [0.2, 0.25) is 16.8 Å². The highest BCUT2D eigenvalue weighted by molar-refractivity contribution is 7.86. The molecule has 1 aromatic carbocycles. The molecule has 0 saturated carbocycles. The van der Waals surface area contributed by atoms with Gasteiger partial charge in [0.05, 0.1) is 16.4 Å². The number of alkyl halides is 3. The lowest BCUT2D eigenvalue weighted by atomic mass is 10.1. The number of nitrogens with one attached hydrogen (secondary N) is 1. The number of carbonyl (C=O) groups is 1. The summed E-state index contributed by atoms with van der Waals surface area (Å²) in [4.78, 5) is 31.3. The molecule has 1 fully saturated rings. The van der Waals surface area contributed by atoms with E-state index in [1.807, 2.05) is 23.1 Å². The molecular weight excluding hydrogens is 511 g/mol. The van der Waals surface area contributed by atoms with E-state index in [1.54, 1.807) is 6.20 Å². The summed E-state index contributed by atoms with van der Waals surface area (Å²) in [7, 11) is -1.86. The molecule has 1 aliphatic heterocycles. The molecular formula is C23H24F3N7O3S. The molecule has 0 amide bonds. The lowest BCUT2D eigenvalue weighted by Crippen LogP contribution is -2.48. The largest absolute Gasteiger partial charge is 0.479 e. The number of carboxylic acids is 1. The topological polar surface area (TPSA) is 124 Å². The minimum absolute atomic E-state index is 0.0444. The maximum atomic E-state index is 13.0. The van der Waals surface area contributed by atoms with Gasteiger partial charge in [0, 0.05) is 44.2 Å². The van der Waals surface area contributed by atoms with Crippen molar-refractivity contribution in [3.05, 3.63) is 54.2 Å². The summed E-state index contributed by atoms with van der Waals surface area (Å²) in [6.07, 6.45) is -1.56. The summed E-state index contributed by atoms with van der Waals surface area (Å²) in [5.41, 5.74) is -0.546. The molecule has 4 rings (SSSR count). The number of aliphatic carboxylic acids is 1. The number of benzene rings is 1. The third kappa shape index (κ3) is 5.79. The Balaban J connectivity index is 1.67. The summed E-state index contributed by atoms with van der Waals surface area (Å²) in [6, 6.07) is 9.93. The monoisotopic (exact) mass is 535 g/mol. The first-order valence-corrected chi connectivity index (χ1v) is 12.7. The fraction of sp³-hybridized carbons (Fsp3) is 0.348. The number of hydrogen-bond acceptors (Lipinski definition) is 9. The highest BCUT2D eigenvalue weighted by atomic mass is 32.2. The molecule has 37 heavy (non-hydrogen) atoms. The van der Waals surface area contributed by atoms with Crippen LogP contribution in [0.15, 0.2) is 48.7 Å². The normalized spacial score (nSPS) is 16.7. The van der Waals surface area contributed by atoms with Gasteiger partial charge in [-0.3, -0.25) is 4.21 Å². The number of carboxylic acid groups (broad SMARTS) is 1. The predicted molar refractivity (Wildman–Crippen MR) is 133 cm³/mol. The molecule has 2 aromatic heterocycles. The van der Waals surface area contributed by atoms with Gasteiger partial charge in [-0.15, -0.1) is 0 Å². The van der Waals surface area contributed by atoms with E-state index in [2.05, 4.69) is 30.2 Å². The Kier molecular flexibility index (Phi) is 7.30. The Morgan fingerprint density at radius 3 is 2.19 bits per heavy atom. The molecule has 2 atom stereocenters. The van der Waals surface area contributed by atoms with Crippen LogP contribution in [-0.4, -0.2) is 72.5 Å². The zero-order valence-corrected chi connectivity index (χ0v) is 20.8. The van der Waals surface area contributed by atoms with Crippen LogP contribution in [0.5, 0.6) is 0 Å². The predicted octanol–water partition coefficient (Wildman–Crippen LogP) is 2.87. The van der Waals surface area contributed by atoms with Crippen molar-refractivity contribution in [3.8, 4) is 11.4 Å². The van der Waals surface area contributed by atoms with Crippen LogP contribution in [0.1, 0.15) is 12.5 Å². The summed E-state index contributed by atoms with van der Waals surface area (Å²) < 4.78 is 51.3. The second-order valence-corrected chi connectivity index (χ2v) is 10.2. The van der Waals surface area contributed by atoms with Crippen LogP contribution in [0.3, 0.4) is 0 Å². The van der Waals surface area contributed by atoms with Crippen molar-refractivity contribution in [1.82, 2.24) is 19.9 Å². The molecule has 0 bridgehead atoms. The fourth-order valence-electron chi connectivity index (χ4n) is 3.64. The first-order chi connectivity index (χ1) is 17.5. The Hall–Kier alpha value is -3.81. The van der Waals surface area contributed by atoms with Gasteiger partial charge in [-0.05, 0) is 31.2 Å². The molecule has 1 aliphatic rings. The van der Waals surface area contributed by atoms with Crippen LogP contribution in [0.2, 0.25) is 0 Å². The van der Waals surface area contributed by atoms with Gasteiger partial charge in [0.15, 0.2) is 5.82 Å². The minimum Gasteiger partial charge on any atom is -0.479 e. The lowest BCUT2D eigenvalue weighted by molar-refractivity contribution is -0.139. The molecule has 2 unspecified atom stereocenters. The molecule has 3 aromatic rings. The van der Waals surface area contributed by atoms with E-state index >= 15 is 0 Å².